The molecular formula is C23H39N5O. The summed E-state index contributed by atoms with van der Waals surface area (Å²) in [6.45, 7) is 14.9. The maximum atomic E-state index is 5.48. The van der Waals surface area contributed by atoms with E-state index in [4.69, 9.17) is 9.73 Å². The summed E-state index contributed by atoms with van der Waals surface area (Å²) in [5.74, 6) is 0.910. The van der Waals surface area contributed by atoms with Gasteiger partial charge in [-0.3, -0.25) is 9.80 Å². The van der Waals surface area contributed by atoms with E-state index in [1.807, 2.05) is 0 Å². The molecule has 6 heteroatoms. The lowest BCUT2D eigenvalue weighted by atomic mass is 10.1. The highest BCUT2D eigenvalue weighted by Crippen LogP contribution is 2.27. The van der Waals surface area contributed by atoms with Gasteiger partial charge in [-0.15, -0.1) is 0 Å². The van der Waals surface area contributed by atoms with Crippen molar-refractivity contribution >= 4 is 5.96 Å². The summed E-state index contributed by atoms with van der Waals surface area (Å²) >= 11 is 0. The maximum Gasteiger partial charge on any atom is 0.191 e. The summed E-state index contributed by atoms with van der Waals surface area (Å²) in [6.07, 6.45) is 2.71. The summed E-state index contributed by atoms with van der Waals surface area (Å²) in [5, 5.41) is 6.92. The van der Waals surface area contributed by atoms with Gasteiger partial charge in [0.2, 0.25) is 0 Å². The highest BCUT2D eigenvalue weighted by atomic mass is 16.5. The van der Waals surface area contributed by atoms with Gasteiger partial charge >= 0.3 is 0 Å². The van der Waals surface area contributed by atoms with Crippen LogP contribution in [0.4, 0.5) is 0 Å². The first-order chi connectivity index (χ1) is 14.2. The van der Waals surface area contributed by atoms with Crippen LogP contribution in [0.25, 0.3) is 0 Å². The molecule has 1 aliphatic heterocycles. The first kappa shape index (κ1) is 22.1. The quantitative estimate of drug-likeness (QED) is 0.466. The number of aliphatic imine (C=N–C) groups is 1. The van der Waals surface area contributed by atoms with Gasteiger partial charge in [0, 0.05) is 51.4 Å². The van der Waals surface area contributed by atoms with Crippen LogP contribution in [0.1, 0.15) is 44.7 Å². The molecule has 6 nitrogen and oxygen atoms in total. The molecule has 162 valence electrons. The minimum atomic E-state index is 0.607. The predicted octanol–water partition coefficient (Wildman–Crippen LogP) is 2.45. The molecule has 1 saturated carbocycles. The van der Waals surface area contributed by atoms with Crippen molar-refractivity contribution in [2.45, 2.75) is 58.8 Å². The summed E-state index contributed by atoms with van der Waals surface area (Å²) in [5.41, 5.74) is 2.67. The van der Waals surface area contributed by atoms with Crippen LogP contribution >= 0.6 is 0 Å². The fraction of sp³-hybridized carbons (Fsp3) is 0.696. The molecule has 2 fully saturated rings. The summed E-state index contributed by atoms with van der Waals surface area (Å²) < 4.78 is 5.48. The first-order valence-electron chi connectivity index (χ1n) is 11.3. The highest BCUT2D eigenvalue weighted by Gasteiger charge is 2.30. The molecule has 2 aliphatic rings. The predicted molar refractivity (Wildman–Crippen MR) is 120 cm³/mol. The largest absolute Gasteiger partial charge is 0.379 e. The molecule has 0 amide bonds. The van der Waals surface area contributed by atoms with Crippen molar-refractivity contribution in [3.05, 3.63) is 35.4 Å². The Balaban J connectivity index is 1.55. The Morgan fingerprint density at radius 2 is 1.90 bits per heavy atom. The Morgan fingerprint density at radius 3 is 2.55 bits per heavy atom. The Kier molecular flexibility index (Phi) is 8.77. The molecule has 0 unspecified atom stereocenters. The number of guanidine groups is 1. The van der Waals surface area contributed by atoms with Crippen LogP contribution in [0.3, 0.4) is 0 Å². The zero-order valence-corrected chi connectivity index (χ0v) is 18.5. The zero-order chi connectivity index (χ0) is 20.5. The van der Waals surface area contributed by atoms with Crippen molar-refractivity contribution in [3.8, 4) is 0 Å². The number of ether oxygens (including phenoxy) is 1. The lowest BCUT2D eigenvalue weighted by molar-refractivity contribution is 0.0341. The molecule has 0 radical (unpaired) electrons. The molecule has 1 heterocycles. The van der Waals surface area contributed by atoms with E-state index >= 15 is 0 Å². The van der Waals surface area contributed by atoms with E-state index in [9.17, 15) is 0 Å². The Bertz CT molecular complexity index is 636. The third kappa shape index (κ3) is 7.28. The Morgan fingerprint density at radius 1 is 1.17 bits per heavy atom. The second-order valence-electron chi connectivity index (χ2n) is 8.34. The molecule has 1 aliphatic carbocycles. The third-order valence-corrected chi connectivity index (χ3v) is 5.71. The standard InChI is InChI=1S/C23H39N5O/c1-4-24-23(25-11-12-28(19(2)3)22-9-10-22)26-17-20-7-5-6-8-21(20)18-27-13-15-29-16-14-27/h5-8,19,22H,4,9-18H2,1-3H3,(H2,24,25,26). The number of benzene rings is 1. The van der Waals surface area contributed by atoms with Crippen LogP contribution < -0.4 is 10.6 Å². The van der Waals surface area contributed by atoms with E-state index in [-0.39, 0.29) is 0 Å². The van der Waals surface area contributed by atoms with Crippen LogP contribution in [-0.4, -0.2) is 73.8 Å². The van der Waals surface area contributed by atoms with Gasteiger partial charge in [-0.2, -0.15) is 0 Å². The average molecular weight is 402 g/mol. The van der Waals surface area contributed by atoms with Crippen molar-refractivity contribution in [2.24, 2.45) is 4.99 Å². The van der Waals surface area contributed by atoms with Gasteiger partial charge in [0.15, 0.2) is 5.96 Å². The fourth-order valence-corrected chi connectivity index (χ4v) is 3.94. The number of hydrogen-bond acceptors (Lipinski definition) is 4. The topological polar surface area (TPSA) is 52.1 Å². The lowest BCUT2D eigenvalue weighted by Crippen LogP contribution is -2.43. The van der Waals surface area contributed by atoms with Crippen LogP contribution in [0.2, 0.25) is 0 Å². The molecule has 1 aromatic carbocycles. The van der Waals surface area contributed by atoms with Crippen molar-refractivity contribution in [2.75, 3.05) is 45.9 Å². The Labute approximate surface area is 176 Å². The number of nitrogens with one attached hydrogen (secondary N) is 2. The molecule has 0 spiro atoms. The third-order valence-electron chi connectivity index (χ3n) is 5.71. The summed E-state index contributed by atoms with van der Waals surface area (Å²) in [4.78, 5) is 9.94. The van der Waals surface area contributed by atoms with E-state index in [2.05, 4.69) is 65.5 Å². The number of nitrogens with zero attached hydrogens (tertiary/aromatic N) is 3. The molecular weight excluding hydrogens is 362 g/mol. The summed E-state index contributed by atoms with van der Waals surface area (Å²) in [6, 6.07) is 10.1. The van der Waals surface area contributed by atoms with Crippen LogP contribution in [0.15, 0.2) is 29.3 Å². The smallest absolute Gasteiger partial charge is 0.191 e. The molecule has 29 heavy (non-hydrogen) atoms. The van der Waals surface area contributed by atoms with E-state index in [0.717, 1.165) is 64.5 Å². The van der Waals surface area contributed by atoms with Gasteiger partial charge in [0.05, 0.1) is 19.8 Å². The van der Waals surface area contributed by atoms with Crippen molar-refractivity contribution in [3.63, 3.8) is 0 Å². The molecule has 0 atom stereocenters. The summed E-state index contributed by atoms with van der Waals surface area (Å²) in [7, 11) is 0. The highest BCUT2D eigenvalue weighted by molar-refractivity contribution is 5.79. The number of rotatable bonds is 10. The van der Waals surface area contributed by atoms with Crippen molar-refractivity contribution in [1.29, 1.82) is 0 Å². The van der Waals surface area contributed by atoms with Gasteiger partial charge in [0.1, 0.15) is 0 Å². The SMILES string of the molecule is CCNC(=NCc1ccccc1CN1CCOCC1)NCCN(C(C)C)C1CC1. The Hall–Kier alpha value is -1.63. The zero-order valence-electron chi connectivity index (χ0n) is 18.5. The molecule has 1 saturated heterocycles. The minimum Gasteiger partial charge on any atom is -0.379 e. The van der Waals surface area contributed by atoms with Crippen LogP contribution in [0, 0.1) is 0 Å². The second kappa shape index (κ2) is 11.5. The van der Waals surface area contributed by atoms with E-state index in [1.165, 1.54) is 24.0 Å². The molecule has 1 aromatic rings. The van der Waals surface area contributed by atoms with Gasteiger partial charge in [0.25, 0.3) is 0 Å². The van der Waals surface area contributed by atoms with Crippen LogP contribution in [0.5, 0.6) is 0 Å². The maximum absolute atomic E-state index is 5.48. The molecule has 0 bridgehead atoms. The minimum absolute atomic E-state index is 0.607. The van der Waals surface area contributed by atoms with Gasteiger partial charge in [-0.1, -0.05) is 24.3 Å². The normalized spacial score (nSPS) is 18.4. The van der Waals surface area contributed by atoms with E-state index in [1.54, 1.807) is 0 Å². The number of hydrogen-bond donors (Lipinski definition) is 2. The van der Waals surface area contributed by atoms with Gasteiger partial charge < -0.3 is 15.4 Å². The molecule has 0 aromatic heterocycles. The van der Waals surface area contributed by atoms with Gasteiger partial charge in [-0.25, -0.2) is 4.99 Å². The fourth-order valence-electron chi connectivity index (χ4n) is 3.94. The monoisotopic (exact) mass is 401 g/mol. The number of morpholine rings is 1. The van der Waals surface area contributed by atoms with E-state index in [0.29, 0.717) is 12.6 Å². The average Bonchev–Trinajstić information content (AvgIpc) is 3.56. The van der Waals surface area contributed by atoms with Crippen molar-refractivity contribution in [1.82, 2.24) is 20.4 Å². The first-order valence-corrected chi connectivity index (χ1v) is 11.3. The second-order valence-corrected chi connectivity index (χ2v) is 8.34. The van der Waals surface area contributed by atoms with E-state index < -0.39 is 0 Å². The lowest BCUT2D eigenvalue weighted by Gasteiger charge is -2.27. The van der Waals surface area contributed by atoms with Crippen LogP contribution in [-0.2, 0) is 17.8 Å². The van der Waals surface area contributed by atoms with Gasteiger partial charge in [-0.05, 0) is 44.7 Å². The molecule has 3 rings (SSSR count). The van der Waals surface area contributed by atoms with Crippen molar-refractivity contribution < 1.29 is 4.74 Å². The molecule has 2 N–H and O–H groups in total.